The van der Waals surface area contributed by atoms with Gasteiger partial charge in [0.25, 0.3) is 5.91 Å². The van der Waals surface area contributed by atoms with Crippen molar-refractivity contribution in [3.63, 3.8) is 0 Å². The van der Waals surface area contributed by atoms with Crippen molar-refractivity contribution in [3.8, 4) is 0 Å². The number of carbonyl (C=O) groups excluding carboxylic acids is 1. The van der Waals surface area contributed by atoms with Gasteiger partial charge < -0.3 is 10.4 Å². The predicted octanol–water partition coefficient (Wildman–Crippen LogP) is 1.43. The van der Waals surface area contributed by atoms with Crippen molar-refractivity contribution in [2.24, 2.45) is 5.92 Å². The highest BCUT2D eigenvalue weighted by Crippen LogP contribution is 2.26. The lowest BCUT2D eigenvalue weighted by atomic mass is 10.0. The maximum atomic E-state index is 11.9. The van der Waals surface area contributed by atoms with Gasteiger partial charge in [-0.15, -0.1) is 11.3 Å². The van der Waals surface area contributed by atoms with Gasteiger partial charge in [0.2, 0.25) is 0 Å². The van der Waals surface area contributed by atoms with E-state index in [1.807, 2.05) is 0 Å². The van der Waals surface area contributed by atoms with Crippen LogP contribution >= 0.6 is 11.3 Å². The fraction of sp³-hybridized carbons (Fsp3) is 0.545. The van der Waals surface area contributed by atoms with E-state index < -0.39 is 11.9 Å². The van der Waals surface area contributed by atoms with E-state index in [1.165, 1.54) is 11.3 Å². The van der Waals surface area contributed by atoms with Crippen LogP contribution in [0.25, 0.3) is 0 Å². The van der Waals surface area contributed by atoms with Gasteiger partial charge in [-0.2, -0.15) is 0 Å². The molecule has 2 rings (SSSR count). The maximum Gasteiger partial charge on any atom is 0.308 e. The number of nitrogens with one attached hydrogen (secondary N) is 1. The van der Waals surface area contributed by atoms with Crippen LogP contribution in [0.15, 0.2) is 5.51 Å². The Morgan fingerprint density at radius 1 is 1.53 bits per heavy atom. The summed E-state index contributed by atoms with van der Waals surface area (Å²) in [6.45, 7) is 1.77. The summed E-state index contributed by atoms with van der Waals surface area (Å²) in [6, 6.07) is -0.249. The molecule has 1 amide bonds. The molecule has 0 bridgehead atoms. The van der Waals surface area contributed by atoms with Gasteiger partial charge in [-0.3, -0.25) is 9.59 Å². The number of hydrogen-bond donors (Lipinski definition) is 2. The van der Waals surface area contributed by atoms with E-state index in [0.29, 0.717) is 17.0 Å². The average Bonchev–Trinajstić information content (AvgIpc) is 2.86. The third kappa shape index (κ3) is 2.46. The molecular formula is C11H14N2O3S. The molecule has 17 heavy (non-hydrogen) atoms. The van der Waals surface area contributed by atoms with Crippen LogP contribution in [0.1, 0.15) is 34.6 Å². The first-order chi connectivity index (χ1) is 8.09. The zero-order valence-electron chi connectivity index (χ0n) is 9.47. The van der Waals surface area contributed by atoms with Crippen LogP contribution in [-0.2, 0) is 4.79 Å². The zero-order chi connectivity index (χ0) is 12.4. The SMILES string of the molecule is Cc1ncsc1C(=O)NC1CCCC1C(=O)O. The Morgan fingerprint density at radius 2 is 2.29 bits per heavy atom. The lowest BCUT2D eigenvalue weighted by Crippen LogP contribution is -2.40. The second-order valence-corrected chi connectivity index (χ2v) is 5.08. The second kappa shape index (κ2) is 4.83. The van der Waals surface area contributed by atoms with E-state index in [-0.39, 0.29) is 11.9 Å². The molecule has 0 spiro atoms. The summed E-state index contributed by atoms with van der Waals surface area (Å²) < 4.78 is 0. The van der Waals surface area contributed by atoms with E-state index in [1.54, 1.807) is 12.4 Å². The summed E-state index contributed by atoms with van der Waals surface area (Å²) in [4.78, 5) is 27.5. The molecule has 1 aliphatic rings. The minimum atomic E-state index is -0.825. The van der Waals surface area contributed by atoms with Crippen molar-refractivity contribution in [3.05, 3.63) is 16.1 Å². The molecular weight excluding hydrogens is 240 g/mol. The normalized spacial score (nSPS) is 23.6. The van der Waals surface area contributed by atoms with Gasteiger partial charge in [-0.05, 0) is 19.8 Å². The monoisotopic (exact) mass is 254 g/mol. The van der Waals surface area contributed by atoms with E-state index in [4.69, 9.17) is 5.11 Å². The van der Waals surface area contributed by atoms with Gasteiger partial charge in [0.1, 0.15) is 4.88 Å². The molecule has 1 heterocycles. The van der Waals surface area contributed by atoms with Crippen molar-refractivity contribution < 1.29 is 14.7 Å². The summed E-state index contributed by atoms with van der Waals surface area (Å²) in [7, 11) is 0. The molecule has 0 aromatic carbocycles. The van der Waals surface area contributed by atoms with Crippen LogP contribution in [-0.4, -0.2) is 28.0 Å². The molecule has 0 radical (unpaired) electrons. The Hall–Kier alpha value is -1.43. The van der Waals surface area contributed by atoms with Gasteiger partial charge in [0.05, 0.1) is 17.1 Å². The van der Waals surface area contributed by atoms with Crippen LogP contribution in [0.5, 0.6) is 0 Å². The van der Waals surface area contributed by atoms with E-state index in [2.05, 4.69) is 10.3 Å². The largest absolute Gasteiger partial charge is 0.481 e. The molecule has 1 fully saturated rings. The Labute approximate surface area is 103 Å². The number of hydrogen-bond acceptors (Lipinski definition) is 4. The predicted molar refractivity (Wildman–Crippen MR) is 63.1 cm³/mol. The first-order valence-corrected chi connectivity index (χ1v) is 6.41. The maximum absolute atomic E-state index is 11.9. The van der Waals surface area contributed by atoms with Crippen LogP contribution in [0.2, 0.25) is 0 Å². The quantitative estimate of drug-likeness (QED) is 0.855. The lowest BCUT2D eigenvalue weighted by Gasteiger charge is -2.17. The standard InChI is InChI=1S/C11H14N2O3S/c1-6-9(17-5-12-6)10(14)13-8-4-2-3-7(8)11(15)16/h5,7-8H,2-4H2,1H3,(H,13,14)(H,15,16). The van der Waals surface area contributed by atoms with Gasteiger partial charge in [0, 0.05) is 6.04 Å². The van der Waals surface area contributed by atoms with Crippen LogP contribution in [0, 0.1) is 12.8 Å². The summed E-state index contributed by atoms with van der Waals surface area (Å²) in [5.74, 6) is -1.48. The van der Waals surface area contributed by atoms with Crippen molar-refractivity contribution >= 4 is 23.2 Å². The highest BCUT2D eigenvalue weighted by atomic mass is 32.1. The number of nitrogens with zero attached hydrogens (tertiary/aromatic N) is 1. The van der Waals surface area contributed by atoms with Gasteiger partial charge in [-0.25, -0.2) is 4.98 Å². The van der Waals surface area contributed by atoms with Crippen LogP contribution in [0.4, 0.5) is 0 Å². The first kappa shape index (κ1) is 12.0. The van der Waals surface area contributed by atoms with Gasteiger partial charge >= 0.3 is 5.97 Å². The first-order valence-electron chi connectivity index (χ1n) is 5.53. The Kier molecular flexibility index (Phi) is 3.42. The van der Waals surface area contributed by atoms with Crippen LogP contribution < -0.4 is 5.32 Å². The number of amides is 1. The molecule has 1 aliphatic carbocycles. The minimum absolute atomic E-state index is 0.205. The third-order valence-electron chi connectivity index (χ3n) is 3.10. The van der Waals surface area contributed by atoms with Crippen molar-refractivity contribution in [1.82, 2.24) is 10.3 Å². The number of aliphatic carboxylic acids is 1. The molecule has 92 valence electrons. The number of carbonyl (C=O) groups is 2. The number of thiazole rings is 1. The minimum Gasteiger partial charge on any atom is -0.481 e. The van der Waals surface area contributed by atoms with Crippen molar-refractivity contribution in [2.75, 3.05) is 0 Å². The molecule has 0 saturated heterocycles. The fourth-order valence-corrected chi connectivity index (χ4v) is 2.89. The topological polar surface area (TPSA) is 79.3 Å². The molecule has 2 N–H and O–H groups in total. The number of rotatable bonds is 3. The van der Waals surface area contributed by atoms with Crippen molar-refractivity contribution in [2.45, 2.75) is 32.2 Å². The lowest BCUT2D eigenvalue weighted by molar-refractivity contribution is -0.142. The Balaban J connectivity index is 2.04. The van der Waals surface area contributed by atoms with Gasteiger partial charge in [0.15, 0.2) is 0 Å². The molecule has 5 nitrogen and oxygen atoms in total. The van der Waals surface area contributed by atoms with Crippen LogP contribution in [0.3, 0.4) is 0 Å². The van der Waals surface area contributed by atoms with Gasteiger partial charge in [-0.1, -0.05) is 6.42 Å². The average molecular weight is 254 g/mol. The number of aromatic nitrogens is 1. The summed E-state index contributed by atoms with van der Waals surface area (Å²) in [5, 5.41) is 11.8. The Bertz CT molecular complexity index is 444. The van der Waals surface area contributed by atoms with E-state index in [9.17, 15) is 9.59 Å². The highest BCUT2D eigenvalue weighted by molar-refractivity contribution is 7.11. The summed E-state index contributed by atoms with van der Waals surface area (Å²) in [6.07, 6.45) is 2.23. The number of carboxylic acids is 1. The molecule has 2 unspecified atom stereocenters. The van der Waals surface area contributed by atoms with Crippen molar-refractivity contribution in [1.29, 1.82) is 0 Å². The highest BCUT2D eigenvalue weighted by Gasteiger charge is 2.34. The molecule has 6 heteroatoms. The molecule has 2 atom stereocenters. The number of carboxylic acid groups (broad SMARTS) is 1. The van der Waals surface area contributed by atoms with E-state index in [0.717, 1.165) is 12.8 Å². The molecule has 1 saturated carbocycles. The molecule has 1 aromatic heterocycles. The molecule has 0 aliphatic heterocycles. The summed E-state index contributed by atoms with van der Waals surface area (Å²) >= 11 is 1.28. The fourth-order valence-electron chi connectivity index (χ4n) is 2.18. The molecule has 1 aromatic rings. The summed E-state index contributed by atoms with van der Waals surface area (Å²) in [5.41, 5.74) is 2.31. The zero-order valence-corrected chi connectivity index (χ0v) is 10.3. The van der Waals surface area contributed by atoms with E-state index >= 15 is 0 Å². The second-order valence-electron chi connectivity index (χ2n) is 4.22. The third-order valence-corrected chi connectivity index (χ3v) is 4.03. The smallest absolute Gasteiger partial charge is 0.308 e. The number of aryl methyl sites for hydroxylation is 1. The Morgan fingerprint density at radius 3 is 2.88 bits per heavy atom.